The summed E-state index contributed by atoms with van der Waals surface area (Å²) in [7, 11) is 0. The summed E-state index contributed by atoms with van der Waals surface area (Å²) in [6.45, 7) is 7.77. The smallest absolute Gasteiger partial charge is 0.191 e. The fraction of sp³-hybridized carbons (Fsp3) is 0.389. The molecule has 4 nitrogen and oxygen atoms in total. The van der Waals surface area contributed by atoms with Crippen molar-refractivity contribution in [1.82, 2.24) is 10.6 Å². The van der Waals surface area contributed by atoms with E-state index in [2.05, 4.69) is 65.0 Å². The lowest BCUT2D eigenvalue weighted by atomic mass is 10.1. The van der Waals surface area contributed by atoms with Crippen LogP contribution in [0.1, 0.15) is 19.4 Å². The van der Waals surface area contributed by atoms with Gasteiger partial charge in [-0.1, -0.05) is 36.4 Å². The molecule has 0 aliphatic heterocycles. The maximum Gasteiger partial charge on any atom is 0.191 e. The monoisotopic (exact) mass is 299 g/mol. The zero-order valence-corrected chi connectivity index (χ0v) is 13.4. The van der Waals surface area contributed by atoms with Gasteiger partial charge in [0.2, 0.25) is 0 Å². The fourth-order valence-electron chi connectivity index (χ4n) is 2.24. The first-order valence-corrected chi connectivity index (χ1v) is 7.91. The number of benzene rings is 2. The van der Waals surface area contributed by atoms with Crippen molar-refractivity contribution in [2.24, 2.45) is 4.99 Å². The van der Waals surface area contributed by atoms with Crippen LogP contribution in [0.25, 0.3) is 10.8 Å². The topological polar surface area (TPSA) is 45.7 Å². The van der Waals surface area contributed by atoms with Gasteiger partial charge in [0.25, 0.3) is 0 Å². The molecule has 0 unspecified atom stereocenters. The Kier molecular flexibility index (Phi) is 6.71. The number of hydrogen-bond acceptors (Lipinski definition) is 2. The van der Waals surface area contributed by atoms with Gasteiger partial charge in [0.15, 0.2) is 5.96 Å². The van der Waals surface area contributed by atoms with E-state index in [4.69, 9.17) is 4.74 Å². The number of nitrogens with one attached hydrogen (secondary N) is 2. The molecular weight excluding hydrogens is 274 g/mol. The van der Waals surface area contributed by atoms with Gasteiger partial charge in [-0.05, 0) is 36.2 Å². The quantitative estimate of drug-likeness (QED) is 0.469. The van der Waals surface area contributed by atoms with Crippen molar-refractivity contribution in [3.05, 3.63) is 48.0 Å². The van der Waals surface area contributed by atoms with Crippen LogP contribution in [0, 0.1) is 0 Å². The Morgan fingerprint density at radius 1 is 1.05 bits per heavy atom. The summed E-state index contributed by atoms with van der Waals surface area (Å²) in [5, 5.41) is 9.04. The molecular formula is C18H25N3O. The first-order chi connectivity index (χ1) is 10.8. The second-order valence-corrected chi connectivity index (χ2v) is 5.00. The molecule has 0 fully saturated rings. The van der Waals surface area contributed by atoms with Crippen molar-refractivity contribution < 1.29 is 4.74 Å². The van der Waals surface area contributed by atoms with Crippen LogP contribution in [0.2, 0.25) is 0 Å². The Labute approximate surface area is 132 Å². The lowest BCUT2D eigenvalue weighted by Crippen LogP contribution is -2.39. The molecule has 2 rings (SSSR count). The van der Waals surface area contributed by atoms with Crippen molar-refractivity contribution in [3.8, 4) is 0 Å². The lowest BCUT2D eigenvalue weighted by molar-refractivity contribution is 0.152. The third-order valence-corrected chi connectivity index (χ3v) is 3.32. The summed E-state index contributed by atoms with van der Waals surface area (Å²) in [5.41, 5.74) is 1.21. The molecule has 0 spiro atoms. The van der Waals surface area contributed by atoms with E-state index in [1.165, 1.54) is 16.3 Å². The van der Waals surface area contributed by atoms with Crippen molar-refractivity contribution >= 4 is 16.7 Å². The van der Waals surface area contributed by atoms with Crippen molar-refractivity contribution in [2.75, 3.05) is 26.3 Å². The van der Waals surface area contributed by atoms with Gasteiger partial charge >= 0.3 is 0 Å². The van der Waals surface area contributed by atoms with Gasteiger partial charge in [-0.2, -0.15) is 0 Å². The molecule has 2 N–H and O–H groups in total. The van der Waals surface area contributed by atoms with Crippen LogP contribution in [-0.4, -0.2) is 32.3 Å². The molecule has 0 amide bonds. The SMILES string of the molecule is CCNC(=NCc1ccc2ccccc2c1)NCCOCC. The number of guanidine groups is 1. The molecule has 0 aliphatic carbocycles. The van der Waals surface area contributed by atoms with Gasteiger partial charge in [0.1, 0.15) is 0 Å². The van der Waals surface area contributed by atoms with Gasteiger partial charge < -0.3 is 15.4 Å². The minimum absolute atomic E-state index is 0.662. The Balaban J connectivity index is 1.98. The average molecular weight is 299 g/mol. The molecule has 0 heterocycles. The number of fused-ring (bicyclic) bond motifs is 1. The fourth-order valence-corrected chi connectivity index (χ4v) is 2.24. The Morgan fingerprint density at radius 2 is 1.86 bits per heavy atom. The van der Waals surface area contributed by atoms with E-state index in [-0.39, 0.29) is 0 Å². The van der Waals surface area contributed by atoms with E-state index in [9.17, 15) is 0 Å². The summed E-state index contributed by atoms with van der Waals surface area (Å²) < 4.78 is 5.33. The predicted octanol–water partition coefficient (Wildman–Crippen LogP) is 2.93. The van der Waals surface area contributed by atoms with Crippen LogP contribution >= 0.6 is 0 Å². The van der Waals surface area contributed by atoms with Crippen LogP contribution in [-0.2, 0) is 11.3 Å². The van der Waals surface area contributed by atoms with Crippen molar-refractivity contribution in [1.29, 1.82) is 0 Å². The van der Waals surface area contributed by atoms with E-state index in [1.807, 2.05) is 6.92 Å². The number of hydrogen-bond donors (Lipinski definition) is 2. The summed E-state index contributed by atoms with van der Waals surface area (Å²) in [6.07, 6.45) is 0. The lowest BCUT2D eigenvalue weighted by Gasteiger charge is -2.11. The highest BCUT2D eigenvalue weighted by molar-refractivity contribution is 5.83. The molecule has 4 heteroatoms. The first kappa shape index (κ1) is 16.3. The third-order valence-electron chi connectivity index (χ3n) is 3.32. The van der Waals surface area contributed by atoms with Crippen LogP contribution < -0.4 is 10.6 Å². The Hall–Kier alpha value is -2.07. The Morgan fingerprint density at radius 3 is 2.64 bits per heavy atom. The van der Waals surface area contributed by atoms with Gasteiger partial charge in [0.05, 0.1) is 13.2 Å². The van der Waals surface area contributed by atoms with E-state index in [0.29, 0.717) is 13.2 Å². The van der Waals surface area contributed by atoms with Gasteiger partial charge in [-0.15, -0.1) is 0 Å². The number of rotatable bonds is 7. The summed E-state index contributed by atoms with van der Waals surface area (Å²) in [5.74, 6) is 0.829. The molecule has 0 aliphatic rings. The maximum atomic E-state index is 5.33. The zero-order valence-electron chi connectivity index (χ0n) is 13.4. The first-order valence-electron chi connectivity index (χ1n) is 7.91. The van der Waals surface area contributed by atoms with E-state index in [0.717, 1.165) is 25.7 Å². The van der Waals surface area contributed by atoms with E-state index >= 15 is 0 Å². The van der Waals surface area contributed by atoms with Crippen LogP contribution in [0.5, 0.6) is 0 Å². The highest BCUT2D eigenvalue weighted by Gasteiger charge is 1.99. The highest BCUT2D eigenvalue weighted by atomic mass is 16.5. The molecule has 0 bridgehead atoms. The normalized spacial score (nSPS) is 11.6. The Bertz CT molecular complexity index is 610. The van der Waals surface area contributed by atoms with Crippen molar-refractivity contribution in [3.63, 3.8) is 0 Å². The van der Waals surface area contributed by atoms with Crippen LogP contribution in [0.4, 0.5) is 0 Å². The minimum Gasteiger partial charge on any atom is -0.380 e. The number of nitrogens with zero attached hydrogens (tertiary/aromatic N) is 1. The van der Waals surface area contributed by atoms with Crippen LogP contribution in [0.15, 0.2) is 47.5 Å². The largest absolute Gasteiger partial charge is 0.380 e. The molecule has 0 saturated heterocycles. The second-order valence-electron chi connectivity index (χ2n) is 5.00. The zero-order chi connectivity index (χ0) is 15.6. The van der Waals surface area contributed by atoms with Gasteiger partial charge in [0, 0.05) is 19.7 Å². The summed E-state index contributed by atoms with van der Waals surface area (Å²) in [6, 6.07) is 14.9. The minimum atomic E-state index is 0.662. The maximum absolute atomic E-state index is 5.33. The molecule has 0 saturated carbocycles. The molecule has 118 valence electrons. The molecule has 22 heavy (non-hydrogen) atoms. The summed E-state index contributed by atoms with van der Waals surface area (Å²) in [4.78, 5) is 4.63. The molecule has 2 aromatic carbocycles. The van der Waals surface area contributed by atoms with E-state index in [1.54, 1.807) is 0 Å². The van der Waals surface area contributed by atoms with Gasteiger partial charge in [-0.25, -0.2) is 4.99 Å². The van der Waals surface area contributed by atoms with Crippen molar-refractivity contribution in [2.45, 2.75) is 20.4 Å². The number of ether oxygens (including phenoxy) is 1. The molecule has 2 aromatic rings. The second kappa shape index (κ2) is 9.05. The predicted molar refractivity (Wildman–Crippen MR) is 93.3 cm³/mol. The van der Waals surface area contributed by atoms with Crippen LogP contribution in [0.3, 0.4) is 0 Å². The highest BCUT2D eigenvalue weighted by Crippen LogP contribution is 2.16. The van der Waals surface area contributed by atoms with E-state index < -0.39 is 0 Å². The molecule has 0 atom stereocenters. The molecule has 0 aromatic heterocycles. The molecule has 0 radical (unpaired) electrons. The number of aliphatic imine (C=N–C) groups is 1. The summed E-state index contributed by atoms with van der Waals surface area (Å²) >= 11 is 0. The standard InChI is InChI=1S/C18H25N3O/c1-3-19-18(20-11-12-22-4-2)21-14-15-9-10-16-7-5-6-8-17(16)13-15/h5-10,13H,3-4,11-12,14H2,1-2H3,(H2,19,20,21). The average Bonchev–Trinajstić information content (AvgIpc) is 2.56. The van der Waals surface area contributed by atoms with Gasteiger partial charge in [-0.3, -0.25) is 0 Å². The third kappa shape index (κ3) is 5.04.